The topological polar surface area (TPSA) is 41.5 Å². The van der Waals surface area contributed by atoms with E-state index in [1.807, 2.05) is 13.8 Å². The van der Waals surface area contributed by atoms with Gasteiger partial charge in [0.05, 0.1) is 6.54 Å². The summed E-state index contributed by atoms with van der Waals surface area (Å²) in [6.45, 7) is 5.50. The molecule has 0 aliphatic carbocycles. The number of nitroso groups, excluding NO2 is 1. The number of nitrogens with zero attached hydrogens (tertiary/aromatic N) is 1. The molecule has 0 spiro atoms. The molecule has 0 radical (unpaired) electrons. The highest BCUT2D eigenvalue weighted by Gasteiger charge is 2.11. The second-order valence-corrected chi connectivity index (χ2v) is 2.46. The molecule has 1 saturated heterocycles. The van der Waals surface area contributed by atoms with Gasteiger partial charge < -0.3 is 5.32 Å². The maximum atomic E-state index is 9.78. The van der Waals surface area contributed by atoms with Crippen molar-refractivity contribution in [3.05, 3.63) is 4.91 Å². The second-order valence-electron chi connectivity index (χ2n) is 2.46. The molecular weight excluding hydrogens is 140 g/mol. The van der Waals surface area contributed by atoms with Crippen molar-refractivity contribution >= 4 is 0 Å². The van der Waals surface area contributed by atoms with Crippen LogP contribution in [0.3, 0.4) is 0 Å². The molecule has 1 atom stereocenters. The average molecular weight is 158 g/mol. The Labute approximate surface area is 68.5 Å². The van der Waals surface area contributed by atoms with E-state index < -0.39 is 0 Å². The molecule has 1 heterocycles. The smallest absolute Gasteiger partial charge is 0.0964 e. The van der Waals surface area contributed by atoms with Gasteiger partial charge in [-0.2, -0.15) is 4.91 Å². The molecule has 1 N–H and O–H groups in total. The van der Waals surface area contributed by atoms with Crippen molar-refractivity contribution < 1.29 is 0 Å². The minimum atomic E-state index is 0.372. The Morgan fingerprint density at radius 2 is 2.18 bits per heavy atom. The number of nitrogens with one attached hydrogen (secondary N) is 1. The Morgan fingerprint density at radius 3 is 2.64 bits per heavy atom. The van der Waals surface area contributed by atoms with Gasteiger partial charge in [-0.15, -0.1) is 0 Å². The Kier molecular flexibility index (Phi) is 7.36. The van der Waals surface area contributed by atoms with E-state index in [0.717, 1.165) is 13.0 Å². The highest BCUT2D eigenvalue weighted by atomic mass is 16.3. The van der Waals surface area contributed by atoms with Crippen LogP contribution in [0.15, 0.2) is 5.18 Å². The lowest BCUT2D eigenvalue weighted by molar-refractivity contribution is 0.407. The molecular formula is C8H18N2O. The molecule has 1 aliphatic rings. The van der Waals surface area contributed by atoms with E-state index in [1.165, 1.54) is 12.8 Å². The third-order valence-electron chi connectivity index (χ3n) is 1.71. The van der Waals surface area contributed by atoms with Gasteiger partial charge >= 0.3 is 0 Å². The van der Waals surface area contributed by atoms with Gasteiger partial charge in [-0.3, -0.25) is 0 Å². The fourth-order valence-corrected chi connectivity index (χ4v) is 1.17. The second kappa shape index (κ2) is 7.66. The third kappa shape index (κ3) is 4.90. The molecule has 11 heavy (non-hydrogen) atoms. The molecule has 0 amide bonds. The Balaban J connectivity index is 0.000000461. The van der Waals surface area contributed by atoms with Crippen molar-refractivity contribution in [2.45, 2.75) is 39.2 Å². The lowest BCUT2D eigenvalue weighted by Crippen LogP contribution is -2.35. The molecule has 3 nitrogen and oxygen atoms in total. The van der Waals surface area contributed by atoms with Gasteiger partial charge in [-0.1, -0.05) is 25.4 Å². The number of hydrogen-bond donors (Lipinski definition) is 1. The van der Waals surface area contributed by atoms with Gasteiger partial charge in [0.25, 0.3) is 0 Å². The molecule has 1 unspecified atom stereocenters. The van der Waals surface area contributed by atoms with Crippen LogP contribution in [0.5, 0.6) is 0 Å². The van der Waals surface area contributed by atoms with Crippen LogP contribution < -0.4 is 5.32 Å². The third-order valence-corrected chi connectivity index (χ3v) is 1.71. The van der Waals surface area contributed by atoms with E-state index in [9.17, 15) is 4.91 Å². The summed E-state index contributed by atoms with van der Waals surface area (Å²) in [5.74, 6) is 0. The maximum absolute atomic E-state index is 9.78. The standard InChI is InChI=1S/C6H12N2O.C2H6/c9-8-5-6-3-1-2-4-7-6;1-2/h6-7H,1-5H2;1-2H3. The van der Waals surface area contributed by atoms with Crippen molar-refractivity contribution in [1.82, 2.24) is 5.32 Å². The van der Waals surface area contributed by atoms with Crippen LogP contribution in [0.25, 0.3) is 0 Å². The predicted molar refractivity (Wildman–Crippen MR) is 47.7 cm³/mol. The molecule has 0 aromatic rings. The van der Waals surface area contributed by atoms with Gasteiger partial charge in [-0.25, -0.2) is 0 Å². The van der Waals surface area contributed by atoms with Crippen LogP contribution >= 0.6 is 0 Å². The van der Waals surface area contributed by atoms with Gasteiger partial charge in [0.2, 0.25) is 0 Å². The van der Waals surface area contributed by atoms with Crippen LogP contribution in [-0.2, 0) is 0 Å². The van der Waals surface area contributed by atoms with Crippen LogP contribution in [0.1, 0.15) is 33.1 Å². The number of rotatable bonds is 2. The SMILES string of the molecule is CC.O=NCC1CCCCN1. The zero-order valence-corrected chi connectivity index (χ0v) is 7.47. The summed E-state index contributed by atoms with van der Waals surface area (Å²) < 4.78 is 0. The van der Waals surface area contributed by atoms with E-state index in [0.29, 0.717) is 12.6 Å². The molecule has 0 aromatic heterocycles. The highest BCUT2D eigenvalue weighted by molar-refractivity contribution is 4.73. The van der Waals surface area contributed by atoms with E-state index in [1.54, 1.807) is 0 Å². The summed E-state index contributed by atoms with van der Waals surface area (Å²) in [4.78, 5) is 9.78. The molecule has 0 bridgehead atoms. The lowest BCUT2D eigenvalue weighted by Gasteiger charge is -2.20. The van der Waals surface area contributed by atoms with Gasteiger partial charge in [0.15, 0.2) is 0 Å². The molecule has 1 aliphatic heterocycles. The number of hydrogen-bond acceptors (Lipinski definition) is 3. The first-order chi connectivity index (χ1) is 5.43. The largest absolute Gasteiger partial charge is 0.312 e. The monoisotopic (exact) mass is 158 g/mol. The van der Waals surface area contributed by atoms with Crippen molar-refractivity contribution in [1.29, 1.82) is 0 Å². The number of piperidine rings is 1. The summed E-state index contributed by atoms with van der Waals surface area (Å²) >= 11 is 0. The molecule has 1 rings (SSSR count). The molecule has 1 fully saturated rings. The van der Waals surface area contributed by atoms with Crippen molar-refractivity contribution in [3.63, 3.8) is 0 Å². The molecule has 3 heteroatoms. The highest BCUT2D eigenvalue weighted by Crippen LogP contribution is 2.06. The fourth-order valence-electron chi connectivity index (χ4n) is 1.17. The Hall–Kier alpha value is -0.440. The van der Waals surface area contributed by atoms with Crippen LogP contribution in [0.4, 0.5) is 0 Å². The molecule has 0 aromatic carbocycles. The Bertz CT molecular complexity index is 90.1. The quantitative estimate of drug-likeness (QED) is 0.624. The summed E-state index contributed by atoms with van der Waals surface area (Å²) in [5, 5.41) is 6.07. The van der Waals surface area contributed by atoms with Gasteiger partial charge in [0.1, 0.15) is 0 Å². The van der Waals surface area contributed by atoms with Crippen LogP contribution in [0, 0.1) is 4.91 Å². The zero-order valence-electron chi connectivity index (χ0n) is 7.47. The first kappa shape index (κ1) is 10.6. The zero-order chi connectivity index (χ0) is 8.53. The molecule has 0 saturated carbocycles. The summed E-state index contributed by atoms with van der Waals surface area (Å²) in [7, 11) is 0. The van der Waals surface area contributed by atoms with Gasteiger partial charge in [-0.05, 0) is 19.4 Å². The first-order valence-corrected chi connectivity index (χ1v) is 4.46. The fraction of sp³-hybridized carbons (Fsp3) is 1.00. The minimum Gasteiger partial charge on any atom is -0.312 e. The minimum absolute atomic E-state index is 0.372. The van der Waals surface area contributed by atoms with E-state index in [-0.39, 0.29) is 0 Å². The van der Waals surface area contributed by atoms with E-state index in [2.05, 4.69) is 10.5 Å². The summed E-state index contributed by atoms with van der Waals surface area (Å²) in [6, 6.07) is 0.372. The van der Waals surface area contributed by atoms with Gasteiger partial charge in [0, 0.05) is 6.04 Å². The van der Waals surface area contributed by atoms with Crippen molar-refractivity contribution in [2.24, 2.45) is 5.18 Å². The summed E-state index contributed by atoms with van der Waals surface area (Å²) in [5.41, 5.74) is 0. The van der Waals surface area contributed by atoms with Crippen LogP contribution in [0.2, 0.25) is 0 Å². The Morgan fingerprint density at radius 1 is 1.45 bits per heavy atom. The average Bonchev–Trinajstić information content (AvgIpc) is 2.11. The maximum Gasteiger partial charge on any atom is 0.0964 e. The van der Waals surface area contributed by atoms with Crippen molar-refractivity contribution in [2.75, 3.05) is 13.1 Å². The summed E-state index contributed by atoms with van der Waals surface area (Å²) in [6.07, 6.45) is 3.61. The lowest BCUT2D eigenvalue weighted by atomic mass is 10.1. The normalized spacial score (nSPS) is 23.3. The van der Waals surface area contributed by atoms with E-state index in [4.69, 9.17) is 0 Å². The van der Waals surface area contributed by atoms with Crippen LogP contribution in [-0.4, -0.2) is 19.1 Å². The molecule has 66 valence electrons. The van der Waals surface area contributed by atoms with Crippen molar-refractivity contribution in [3.8, 4) is 0 Å². The predicted octanol–water partition coefficient (Wildman–Crippen LogP) is 1.92. The van der Waals surface area contributed by atoms with E-state index >= 15 is 0 Å². The first-order valence-electron chi connectivity index (χ1n) is 4.46.